The molecule has 0 saturated carbocycles. The van der Waals surface area contributed by atoms with Crippen LogP contribution >= 0.6 is 0 Å². The lowest BCUT2D eigenvalue weighted by Crippen LogP contribution is -2.43. The number of hydrogen-bond acceptors (Lipinski definition) is 7. The first-order chi connectivity index (χ1) is 16.0. The molecule has 1 aromatic rings. The molecule has 10 nitrogen and oxygen atoms in total. The van der Waals surface area contributed by atoms with Gasteiger partial charge in [0.1, 0.15) is 11.6 Å². The van der Waals surface area contributed by atoms with Crippen LogP contribution in [0.5, 0.6) is 0 Å². The average molecular weight is 504 g/mol. The smallest absolute Gasteiger partial charge is 0.410 e. The van der Waals surface area contributed by atoms with Crippen LogP contribution in [0.1, 0.15) is 38.7 Å². The highest BCUT2D eigenvalue weighted by Crippen LogP contribution is 2.26. The highest BCUT2D eigenvalue weighted by atomic mass is 32.2. The van der Waals surface area contributed by atoms with Crippen LogP contribution in [0.2, 0.25) is 0 Å². The van der Waals surface area contributed by atoms with Crippen LogP contribution in [-0.4, -0.2) is 57.8 Å². The number of hydrogen-bond donors (Lipinski definition) is 3. The molecule has 0 aliphatic carbocycles. The fourth-order valence-electron chi connectivity index (χ4n) is 3.71. The second kappa shape index (κ2) is 11.3. The Morgan fingerprint density at radius 2 is 1.91 bits per heavy atom. The SMILES string of the molecule is CC(C)OC(=O)N1CCC(ONC2=CCN(c3cc(F)c(CNS(N)(=O)=O)cc3F)CC2)CC1. The standard InChI is InChI=1S/C21H31F2N5O5S/c1-14(2)32-21(29)28-9-5-17(6-10-28)33-26-16-3-7-27(8-4-16)20-12-18(22)15(11-19(20)23)13-25-34(24,30)31/h3,11-12,14,17,25-26H,4-10,13H2,1-2H3,(H2,24,30,31). The zero-order chi connectivity index (χ0) is 24.9. The molecular formula is C21H31F2N5O5S. The summed E-state index contributed by atoms with van der Waals surface area (Å²) in [5.41, 5.74) is 3.76. The molecule has 1 saturated heterocycles. The maximum Gasteiger partial charge on any atom is 0.410 e. The third-order valence-electron chi connectivity index (χ3n) is 5.52. The summed E-state index contributed by atoms with van der Waals surface area (Å²) in [6.45, 7) is 5.07. The molecule has 3 rings (SSSR count). The number of carbonyl (C=O) groups excluding carboxylic acids is 1. The van der Waals surface area contributed by atoms with Gasteiger partial charge in [-0.15, -0.1) is 0 Å². The normalized spacial score (nSPS) is 17.6. The van der Waals surface area contributed by atoms with E-state index in [-0.39, 0.29) is 29.6 Å². The van der Waals surface area contributed by atoms with Crippen LogP contribution in [0.4, 0.5) is 19.3 Å². The van der Waals surface area contributed by atoms with Gasteiger partial charge in [-0.2, -0.15) is 13.1 Å². The highest BCUT2D eigenvalue weighted by Gasteiger charge is 2.26. The van der Waals surface area contributed by atoms with E-state index in [1.807, 2.05) is 24.6 Å². The summed E-state index contributed by atoms with van der Waals surface area (Å²) in [7, 11) is -4.01. The molecule has 1 amide bonds. The van der Waals surface area contributed by atoms with Gasteiger partial charge in [0.25, 0.3) is 10.2 Å². The summed E-state index contributed by atoms with van der Waals surface area (Å²) < 4.78 is 58.0. The van der Waals surface area contributed by atoms with Crippen LogP contribution < -0.4 is 20.2 Å². The predicted octanol–water partition coefficient (Wildman–Crippen LogP) is 1.88. The van der Waals surface area contributed by atoms with Crippen molar-refractivity contribution in [3.63, 3.8) is 0 Å². The number of nitrogens with two attached hydrogens (primary N) is 1. The molecule has 0 aromatic heterocycles. The second-order valence-electron chi connectivity index (χ2n) is 8.53. The number of nitrogens with one attached hydrogen (secondary N) is 2. The fraction of sp³-hybridized carbons (Fsp3) is 0.571. The van der Waals surface area contributed by atoms with Crippen molar-refractivity contribution < 1.29 is 31.6 Å². The predicted molar refractivity (Wildman–Crippen MR) is 122 cm³/mol. The van der Waals surface area contributed by atoms with Gasteiger partial charge in [0, 0.05) is 56.5 Å². The Bertz CT molecular complexity index is 1010. The molecule has 13 heteroatoms. The zero-order valence-electron chi connectivity index (χ0n) is 19.2. The molecule has 1 aromatic carbocycles. The largest absolute Gasteiger partial charge is 0.447 e. The Morgan fingerprint density at radius 3 is 2.50 bits per heavy atom. The van der Waals surface area contributed by atoms with Crippen molar-refractivity contribution in [3.05, 3.63) is 41.1 Å². The van der Waals surface area contributed by atoms with E-state index in [1.165, 1.54) is 0 Å². The van der Waals surface area contributed by atoms with Gasteiger partial charge < -0.3 is 14.5 Å². The fourth-order valence-corrected chi connectivity index (χ4v) is 4.06. The third kappa shape index (κ3) is 7.52. The van der Waals surface area contributed by atoms with E-state index in [0.29, 0.717) is 45.4 Å². The molecule has 34 heavy (non-hydrogen) atoms. The molecule has 0 spiro atoms. The Kier molecular flexibility index (Phi) is 8.68. The maximum absolute atomic E-state index is 14.6. The van der Waals surface area contributed by atoms with Crippen molar-refractivity contribution in [1.29, 1.82) is 0 Å². The Balaban J connectivity index is 1.48. The molecule has 4 N–H and O–H groups in total. The van der Waals surface area contributed by atoms with E-state index in [1.54, 1.807) is 9.80 Å². The minimum absolute atomic E-state index is 0.0490. The van der Waals surface area contributed by atoms with Gasteiger partial charge in [-0.05, 0) is 38.8 Å². The van der Waals surface area contributed by atoms with Gasteiger partial charge in [-0.1, -0.05) is 0 Å². The summed E-state index contributed by atoms with van der Waals surface area (Å²) >= 11 is 0. The number of rotatable bonds is 8. The molecule has 2 heterocycles. The lowest BCUT2D eigenvalue weighted by atomic mass is 10.1. The Labute approximate surface area is 198 Å². The van der Waals surface area contributed by atoms with Gasteiger partial charge in [0.15, 0.2) is 0 Å². The molecule has 2 aliphatic rings. The Hall–Kier alpha value is -2.48. The van der Waals surface area contributed by atoms with Crippen LogP contribution in [-0.2, 0) is 26.3 Å². The van der Waals surface area contributed by atoms with Gasteiger partial charge in [0.2, 0.25) is 0 Å². The molecule has 2 aliphatic heterocycles. The summed E-state index contributed by atoms with van der Waals surface area (Å²) in [5, 5.41) is 4.83. The van der Waals surface area contributed by atoms with E-state index < -0.39 is 28.4 Å². The number of nitrogens with zero attached hydrogens (tertiary/aromatic N) is 2. The van der Waals surface area contributed by atoms with Crippen LogP contribution in [0.15, 0.2) is 23.9 Å². The van der Waals surface area contributed by atoms with E-state index >= 15 is 0 Å². The van der Waals surface area contributed by atoms with Crippen LogP contribution in [0, 0.1) is 11.6 Å². The first-order valence-corrected chi connectivity index (χ1v) is 12.6. The number of hydroxylamine groups is 1. The van der Waals surface area contributed by atoms with E-state index in [0.717, 1.165) is 17.8 Å². The number of likely N-dealkylation sites (tertiary alicyclic amines) is 1. The average Bonchev–Trinajstić information content (AvgIpc) is 2.77. The van der Waals surface area contributed by atoms with E-state index in [2.05, 4.69) is 5.48 Å². The number of benzene rings is 1. The van der Waals surface area contributed by atoms with E-state index in [9.17, 15) is 22.0 Å². The molecule has 190 valence electrons. The number of anilines is 1. The van der Waals surface area contributed by atoms with Crippen molar-refractivity contribution in [2.75, 3.05) is 31.1 Å². The monoisotopic (exact) mass is 503 g/mol. The summed E-state index contributed by atoms with van der Waals surface area (Å²) in [5.74, 6) is -1.39. The van der Waals surface area contributed by atoms with Gasteiger partial charge in [-0.25, -0.2) is 18.7 Å². The highest BCUT2D eigenvalue weighted by molar-refractivity contribution is 7.87. The zero-order valence-corrected chi connectivity index (χ0v) is 20.0. The molecular weight excluding hydrogens is 472 g/mol. The summed E-state index contributed by atoms with van der Waals surface area (Å²) in [6, 6.07) is 2.02. The first kappa shape index (κ1) is 26.1. The molecule has 0 atom stereocenters. The van der Waals surface area contributed by atoms with Gasteiger partial charge >= 0.3 is 6.09 Å². The van der Waals surface area contributed by atoms with Crippen molar-refractivity contribution in [3.8, 4) is 0 Å². The van der Waals surface area contributed by atoms with Crippen molar-refractivity contribution in [2.45, 2.75) is 51.9 Å². The molecule has 0 bridgehead atoms. The van der Waals surface area contributed by atoms with Gasteiger partial charge in [0.05, 0.1) is 17.9 Å². The van der Waals surface area contributed by atoms with Gasteiger partial charge in [-0.3, -0.25) is 10.3 Å². The molecule has 1 fully saturated rings. The minimum Gasteiger partial charge on any atom is -0.447 e. The molecule has 0 unspecified atom stereocenters. The second-order valence-corrected chi connectivity index (χ2v) is 9.90. The molecule has 0 radical (unpaired) electrons. The van der Waals surface area contributed by atoms with Crippen molar-refractivity contribution in [1.82, 2.24) is 15.1 Å². The van der Waals surface area contributed by atoms with Crippen LogP contribution in [0.25, 0.3) is 0 Å². The summed E-state index contributed by atoms with van der Waals surface area (Å²) in [6.07, 6.45) is 3.21. The number of amides is 1. The van der Waals surface area contributed by atoms with Crippen molar-refractivity contribution in [2.24, 2.45) is 5.14 Å². The third-order valence-corrected chi connectivity index (χ3v) is 6.07. The maximum atomic E-state index is 14.6. The van der Waals surface area contributed by atoms with Crippen molar-refractivity contribution >= 4 is 22.0 Å². The topological polar surface area (TPSA) is 126 Å². The first-order valence-electron chi connectivity index (χ1n) is 11.1. The minimum atomic E-state index is -4.01. The Morgan fingerprint density at radius 1 is 1.21 bits per heavy atom. The summed E-state index contributed by atoms with van der Waals surface area (Å²) in [4.78, 5) is 21.1. The lowest BCUT2D eigenvalue weighted by molar-refractivity contribution is -0.0415. The number of halogens is 2. The van der Waals surface area contributed by atoms with E-state index in [4.69, 9.17) is 14.7 Å². The number of piperidine rings is 1. The lowest BCUT2D eigenvalue weighted by Gasteiger charge is -2.33. The number of ether oxygens (including phenoxy) is 1. The quantitative estimate of drug-likeness (QED) is 0.463. The van der Waals surface area contributed by atoms with Crippen LogP contribution in [0.3, 0.4) is 0 Å². The number of carbonyl (C=O) groups is 1.